The number of rotatable bonds is 32. The smallest absolute Gasteiger partial charge is 0.312 e. The Labute approximate surface area is 270 Å². The summed E-state index contributed by atoms with van der Waals surface area (Å²) in [6.07, 6.45) is 28.6. The SMILES string of the molecule is C/C=C/CCCCCCCCCCCCCCCCCCC[N+](CC(CC)C(=O)O)(CC(CC)C(=O)O)CC(CC)C(=O)O. The lowest BCUT2D eigenvalue weighted by molar-refractivity contribution is -0.935. The molecule has 0 saturated carbocycles. The maximum absolute atomic E-state index is 12.0. The van der Waals surface area contributed by atoms with E-state index in [4.69, 9.17) is 0 Å². The molecule has 0 spiro atoms. The molecule has 3 unspecified atom stereocenters. The van der Waals surface area contributed by atoms with E-state index < -0.39 is 35.7 Å². The minimum Gasteiger partial charge on any atom is -0.481 e. The topological polar surface area (TPSA) is 112 Å². The molecule has 258 valence electrons. The Balaban J connectivity index is 4.52. The largest absolute Gasteiger partial charge is 0.481 e. The Bertz CT molecular complexity index is 707. The zero-order valence-electron chi connectivity index (χ0n) is 29.1. The highest BCUT2D eigenvalue weighted by Crippen LogP contribution is 2.25. The van der Waals surface area contributed by atoms with Gasteiger partial charge in [-0.2, -0.15) is 0 Å². The molecular weight excluding hydrogens is 554 g/mol. The van der Waals surface area contributed by atoms with E-state index in [1.165, 1.54) is 96.3 Å². The Morgan fingerprint density at radius 1 is 0.500 bits per heavy atom. The lowest BCUT2D eigenvalue weighted by Crippen LogP contribution is -2.58. The van der Waals surface area contributed by atoms with Gasteiger partial charge in [0.2, 0.25) is 0 Å². The molecule has 0 radical (unpaired) electrons. The molecule has 0 amide bonds. The Kier molecular flexibility index (Phi) is 26.2. The zero-order chi connectivity index (χ0) is 33.1. The third-order valence-corrected chi connectivity index (χ3v) is 9.59. The molecular formula is C37H70NO6+. The van der Waals surface area contributed by atoms with Gasteiger partial charge < -0.3 is 19.8 Å². The summed E-state index contributed by atoms with van der Waals surface area (Å²) in [4.78, 5) is 36.0. The number of hydrogen-bond acceptors (Lipinski definition) is 3. The van der Waals surface area contributed by atoms with Gasteiger partial charge in [0.1, 0.15) is 17.8 Å². The average molecular weight is 625 g/mol. The first-order valence-electron chi connectivity index (χ1n) is 18.3. The average Bonchev–Trinajstić information content (AvgIpc) is 2.99. The summed E-state index contributed by atoms with van der Waals surface area (Å²) in [5, 5.41) is 29.5. The van der Waals surface area contributed by atoms with E-state index in [1.807, 2.05) is 20.8 Å². The number of quaternary nitrogens is 1. The van der Waals surface area contributed by atoms with Gasteiger partial charge in [0.25, 0.3) is 0 Å². The highest BCUT2D eigenvalue weighted by molar-refractivity contribution is 5.71. The second kappa shape index (κ2) is 27.4. The Morgan fingerprint density at radius 3 is 1.02 bits per heavy atom. The first-order chi connectivity index (χ1) is 21.2. The van der Waals surface area contributed by atoms with Gasteiger partial charge in [0, 0.05) is 0 Å². The molecule has 3 atom stereocenters. The maximum Gasteiger partial charge on any atom is 0.312 e. The zero-order valence-corrected chi connectivity index (χ0v) is 29.1. The molecule has 0 aromatic rings. The summed E-state index contributed by atoms with van der Waals surface area (Å²) in [5.74, 6) is -4.50. The number of nitrogens with zero attached hydrogens (tertiary/aromatic N) is 1. The monoisotopic (exact) mass is 625 g/mol. The van der Waals surface area contributed by atoms with Crippen LogP contribution in [0.2, 0.25) is 0 Å². The van der Waals surface area contributed by atoms with Crippen LogP contribution >= 0.6 is 0 Å². The predicted molar refractivity (Wildman–Crippen MR) is 182 cm³/mol. The molecule has 0 aromatic heterocycles. The summed E-state index contributed by atoms with van der Waals surface area (Å²) >= 11 is 0. The standard InChI is InChI=1S/C37H69NO6/c1-5-9-10-11-12-13-14-15-16-17-18-19-20-21-22-23-24-25-26-27-28-38(29-32(6-2)35(39)40,30-33(7-3)36(41)42)31-34(8-4)37(43)44/h5,9,32-34H,6-8,10-31H2,1-4H3,(H2-,39,40,41,42,43,44)/p+1/b9-5+. The number of unbranched alkanes of at least 4 members (excludes halogenated alkanes) is 17. The van der Waals surface area contributed by atoms with Crippen LogP contribution < -0.4 is 0 Å². The van der Waals surface area contributed by atoms with E-state index >= 15 is 0 Å². The third kappa shape index (κ3) is 21.0. The lowest BCUT2D eigenvalue weighted by atomic mass is 9.95. The van der Waals surface area contributed by atoms with E-state index in [-0.39, 0.29) is 24.1 Å². The summed E-state index contributed by atoms with van der Waals surface area (Å²) in [6.45, 7) is 9.11. The molecule has 0 aliphatic heterocycles. The van der Waals surface area contributed by atoms with Gasteiger partial charge in [-0.05, 0) is 51.9 Å². The van der Waals surface area contributed by atoms with Crippen LogP contribution in [-0.2, 0) is 14.4 Å². The van der Waals surface area contributed by atoms with Crippen molar-refractivity contribution in [3.63, 3.8) is 0 Å². The van der Waals surface area contributed by atoms with Crippen molar-refractivity contribution in [2.45, 2.75) is 163 Å². The first kappa shape index (κ1) is 42.1. The van der Waals surface area contributed by atoms with E-state index in [1.54, 1.807) is 0 Å². The molecule has 7 nitrogen and oxygen atoms in total. The molecule has 0 aliphatic carbocycles. The number of aliphatic carboxylic acids is 3. The highest BCUT2D eigenvalue weighted by atomic mass is 16.4. The van der Waals surface area contributed by atoms with Crippen LogP contribution in [0.1, 0.15) is 163 Å². The van der Waals surface area contributed by atoms with Crippen LogP contribution in [0.3, 0.4) is 0 Å². The van der Waals surface area contributed by atoms with Gasteiger partial charge in [-0.15, -0.1) is 0 Å². The molecule has 0 aliphatic rings. The van der Waals surface area contributed by atoms with Crippen molar-refractivity contribution in [1.82, 2.24) is 0 Å². The van der Waals surface area contributed by atoms with Gasteiger partial charge >= 0.3 is 17.9 Å². The normalized spacial score (nSPS) is 15.2. The third-order valence-electron chi connectivity index (χ3n) is 9.59. The molecule has 0 saturated heterocycles. The van der Waals surface area contributed by atoms with Crippen molar-refractivity contribution in [1.29, 1.82) is 0 Å². The molecule has 0 bridgehead atoms. The molecule has 0 rings (SSSR count). The number of hydrogen-bond donors (Lipinski definition) is 3. The second-order valence-corrected chi connectivity index (χ2v) is 13.3. The summed E-state index contributed by atoms with van der Waals surface area (Å²) in [6, 6.07) is 0. The number of carboxylic acids is 3. The number of carboxylic acid groups (broad SMARTS) is 3. The summed E-state index contributed by atoms with van der Waals surface area (Å²) < 4.78 is 0.261. The minimum atomic E-state index is -0.886. The highest BCUT2D eigenvalue weighted by Gasteiger charge is 2.40. The van der Waals surface area contributed by atoms with Crippen LogP contribution in [0.15, 0.2) is 12.2 Å². The van der Waals surface area contributed by atoms with Crippen molar-refractivity contribution < 1.29 is 34.2 Å². The van der Waals surface area contributed by atoms with E-state index in [9.17, 15) is 29.7 Å². The van der Waals surface area contributed by atoms with Crippen LogP contribution in [0.5, 0.6) is 0 Å². The van der Waals surface area contributed by atoms with Gasteiger partial charge in [0.15, 0.2) is 0 Å². The Hall–Kier alpha value is -1.89. The molecule has 44 heavy (non-hydrogen) atoms. The first-order valence-corrected chi connectivity index (χ1v) is 18.3. The fourth-order valence-electron chi connectivity index (χ4n) is 6.57. The van der Waals surface area contributed by atoms with Gasteiger partial charge in [-0.3, -0.25) is 14.4 Å². The van der Waals surface area contributed by atoms with Crippen LogP contribution in [0, 0.1) is 17.8 Å². The molecule has 0 aromatic carbocycles. The molecule has 3 N–H and O–H groups in total. The fraction of sp³-hybridized carbons (Fsp3) is 0.865. The van der Waals surface area contributed by atoms with Crippen molar-refractivity contribution in [3.05, 3.63) is 12.2 Å². The lowest BCUT2D eigenvalue weighted by Gasteiger charge is -2.43. The quantitative estimate of drug-likeness (QED) is 0.0390. The van der Waals surface area contributed by atoms with Crippen molar-refractivity contribution in [2.75, 3.05) is 26.2 Å². The summed E-state index contributed by atoms with van der Waals surface area (Å²) in [7, 11) is 0. The van der Waals surface area contributed by atoms with E-state index in [0.717, 1.165) is 19.3 Å². The predicted octanol–water partition coefficient (Wildman–Crippen LogP) is 9.73. The van der Waals surface area contributed by atoms with Crippen LogP contribution in [-0.4, -0.2) is 63.9 Å². The van der Waals surface area contributed by atoms with E-state index in [2.05, 4.69) is 19.1 Å². The number of carbonyl (C=O) groups is 3. The molecule has 0 heterocycles. The molecule has 7 heteroatoms. The van der Waals surface area contributed by atoms with Crippen LogP contribution in [0.4, 0.5) is 0 Å². The van der Waals surface area contributed by atoms with Gasteiger partial charge in [-0.1, -0.05) is 123 Å². The number of allylic oxidation sites excluding steroid dienone is 2. The maximum atomic E-state index is 12.0. The van der Waals surface area contributed by atoms with E-state index in [0.29, 0.717) is 25.8 Å². The van der Waals surface area contributed by atoms with Crippen molar-refractivity contribution in [3.8, 4) is 0 Å². The minimum absolute atomic E-state index is 0.261. The van der Waals surface area contributed by atoms with Crippen molar-refractivity contribution in [2.24, 2.45) is 17.8 Å². The fourth-order valence-corrected chi connectivity index (χ4v) is 6.57. The van der Waals surface area contributed by atoms with Crippen LogP contribution in [0.25, 0.3) is 0 Å². The summed E-state index contributed by atoms with van der Waals surface area (Å²) in [5.41, 5.74) is 0. The van der Waals surface area contributed by atoms with Gasteiger partial charge in [0.05, 0.1) is 26.2 Å². The Morgan fingerprint density at radius 2 is 0.773 bits per heavy atom. The second-order valence-electron chi connectivity index (χ2n) is 13.3. The van der Waals surface area contributed by atoms with Crippen molar-refractivity contribution >= 4 is 17.9 Å². The van der Waals surface area contributed by atoms with Gasteiger partial charge in [-0.25, -0.2) is 0 Å². The molecule has 0 fully saturated rings.